The number of benzene rings is 1. The van der Waals surface area contributed by atoms with E-state index in [-0.39, 0.29) is 11.8 Å². The molecule has 6 nitrogen and oxygen atoms in total. The van der Waals surface area contributed by atoms with Crippen LogP contribution in [0.1, 0.15) is 41.5 Å². The summed E-state index contributed by atoms with van der Waals surface area (Å²) in [6.07, 6.45) is 0. The van der Waals surface area contributed by atoms with Gasteiger partial charge in [0.2, 0.25) is 0 Å². The first-order chi connectivity index (χ1) is 12.9. The van der Waals surface area contributed by atoms with Gasteiger partial charge in [0.25, 0.3) is 11.6 Å². The monoisotopic (exact) mass is 387 g/mol. The summed E-state index contributed by atoms with van der Waals surface area (Å²) in [5.74, 6) is 0.767. The Morgan fingerprint density at radius 3 is 2.67 bits per heavy atom. The molecular weight excluding hydrogens is 366 g/mol. The van der Waals surface area contributed by atoms with E-state index in [1.807, 2.05) is 26.8 Å². The van der Waals surface area contributed by atoms with E-state index in [0.29, 0.717) is 46.3 Å². The van der Waals surface area contributed by atoms with Crippen molar-refractivity contribution in [2.75, 3.05) is 20.2 Å². The van der Waals surface area contributed by atoms with Crippen LogP contribution in [-0.4, -0.2) is 41.1 Å². The predicted molar refractivity (Wildman–Crippen MR) is 105 cm³/mol. The Morgan fingerprint density at radius 1 is 1.30 bits per heavy atom. The van der Waals surface area contributed by atoms with Crippen LogP contribution in [0, 0.1) is 6.92 Å². The Kier molecular flexibility index (Phi) is 5.65. The summed E-state index contributed by atoms with van der Waals surface area (Å²) in [4.78, 5) is 19.1. The maximum absolute atomic E-state index is 13.0. The fraction of sp³-hybridized carbons (Fsp3) is 0.350. The van der Waals surface area contributed by atoms with Gasteiger partial charge in [0.15, 0.2) is 0 Å². The zero-order chi connectivity index (χ0) is 19.6. The van der Waals surface area contributed by atoms with Crippen LogP contribution in [0.25, 0.3) is 11.1 Å². The molecule has 0 N–H and O–H groups in total. The summed E-state index contributed by atoms with van der Waals surface area (Å²) in [6, 6.07) is 8.96. The van der Waals surface area contributed by atoms with E-state index in [4.69, 9.17) is 20.9 Å². The van der Waals surface area contributed by atoms with Crippen molar-refractivity contribution in [3.8, 4) is 5.75 Å². The molecule has 0 atom stereocenters. The molecule has 0 saturated carbocycles. The number of pyridine rings is 1. The van der Waals surface area contributed by atoms with Crippen molar-refractivity contribution in [2.24, 2.45) is 0 Å². The quantitative estimate of drug-likeness (QED) is 0.624. The van der Waals surface area contributed by atoms with Crippen LogP contribution in [0.2, 0.25) is 5.02 Å². The smallest absolute Gasteiger partial charge is 0.259 e. The maximum Gasteiger partial charge on any atom is 0.259 e. The zero-order valence-corrected chi connectivity index (χ0v) is 16.6. The number of hydrogen-bond acceptors (Lipinski definition) is 5. The highest BCUT2D eigenvalue weighted by Crippen LogP contribution is 2.26. The minimum atomic E-state index is -0.115. The summed E-state index contributed by atoms with van der Waals surface area (Å²) in [5.41, 5.74) is 2.40. The van der Waals surface area contributed by atoms with Crippen LogP contribution in [-0.2, 0) is 0 Å². The van der Waals surface area contributed by atoms with E-state index in [1.54, 1.807) is 36.2 Å². The van der Waals surface area contributed by atoms with Crippen LogP contribution < -0.4 is 4.74 Å². The van der Waals surface area contributed by atoms with Crippen molar-refractivity contribution >= 4 is 28.6 Å². The molecule has 27 heavy (non-hydrogen) atoms. The number of likely N-dealkylation sites (N-methyl/N-ethyl adjacent to an activating group) is 1. The molecule has 1 amide bonds. The van der Waals surface area contributed by atoms with Gasteiger partial charge in [-0.1, -0.05) is 30.6 Å². The van der Waals surface area contributed by atoms with Gasteiger partial charge in [-0.2, -0.15) is 0 Å². The second-order valence-electron chi connectivity index (χ2n) is 6.73. The second-order valence-corrected chi connectivity index (χ2v) is 7.16. The molecule has 0 radical (unpaired) electrons. The van der Waals surface area contributed by atoms with E-state index in [1.165, 1.54) is 0 Å². The van der Waals surface area contributed by atoms with Crippen LogP contribution in [0.15, 0.2) is 34.9 Å². The molecule has 0 aliphatic carbocycles. The molecule has 142 valence electrons. The number of aromatic nitrogens is 2. The molecule has 0 unspecified atom stereocenters. The molecule has 0 aliphatic rings. The van der Waals surface area contributed by atoms with Crippen molar-refractivity contribution in [1.29, 1.82) is 0 Å². The van der Waals surface area contributed by atoms with Crippen molar-refractivity contribution in [1.82, 2.24) is 15.0 Å². The average Bonchev–Trinajstić information content (AvgIpc) is 3.03. The summed E-state index contributed by atoms with van der Waals surface area (Å²) >= 11 is 5.87. The first kappa shape index (κ1) is 19.2. The Hall–Kier alpha value is -2.60. The largest absolute Gasteiger partial charge is 0.492 e. The second kappa shape index (κ2) is 7.96. The molecule has 0 aliphatic heterocycles. The lowest BCUT2D eigenvalue weighted by Crippen LogP contribution is -2.31. The zero-order valence-electron chi connectivity index (χ0n) is 15.8. The normalized spacial score (nSPS) is 11.2. The van der Waals surface area contributed by atoms with Gasteiger partial charge >= 0.3 is 0 Å². The number of carbonyl (C=O) groups is 1. The highest BCUT2D eigenvalue weighted by molar-refractivity contribution is 6.30. The lowest BCUT2D eigenvalue weighted by molar-refractivity contribution is 0.0775. The van der Waals surface area contributed by atoms with Gasteiger partial charge in [-0.25, -0.2) is 4.98 Å². The summed E-state index contributed by atoms with van der Waals surface area (Å²) in [5, 5.41) is 5.28. The molecule has 1 aromatic carbocycles. The molecule has 2 heterocycles. The third-order valence-corrected chi connectivity index (χ3v) is 4.57. The minimum Gasteiger partial charge on any atom is -0.492 e. The number of amides is 1. The number of fused-ring (bicyclic) bond motifs is 1. The number of hydrogen-bond donors (Lipinski definition) is 0. The number of carbonyl (C=O) groups excluding carboxylic acids is 1. The Labute approximate surface area is 163 Å². The summed E-state index contributed by atoms with van der Waals surface area (Å²) < 4.78 is 11.0. The van der Waals surface area contributed by atoms with E-state index < -0.39 is 0 Å². The first-order valence-corrected chi connectivity index (χ1v) is 9.15. The fourth-order valence-electron chi connectivity index (χ4n) is 2.72. The Bertz CT molecular complexity index is 951. The first-order valence-electron chi connectivity index (χ1n) is 8.77. The van der Waals surface area contributed by atoms with Crippen LogP contribution in [0.4, 0.5) is 0 Å². The van der Waals surface area contributed by atoms with Gasteiger partial charge in [-0.15, -0.1) is 0 Å². The van der Waals surface area contributed by atoms with Crippen molar-refractivity contribution in [2.45, 2.75) is 26.7 Å². The lowest BCUT2D eigenvalue weighted by atomic mass is 10.0. The molecular formula is C20H22ClN3O3. The molecule has 2 aromatic heterocycles. The third-order valence-electron chi connectivity index (χ3n) is 4.31. The number of aryl methyl sites for hydroxylation is 1. The number of halogens is 1. The van der Waals surface area contributed by atoms with Crippen LogP contribution in [0.3, 0.4) is 0 Å². The molecule has 0 saturated heterocycles. The summed E-state index contributed by atoms with van der Waals surface area (Å²) in [6.45, 7) is 6.66. The molecule has 0 spiro atoms. The Morgan fingerprint density at radius 2 is 2.00 bits per heavy atom. The van der Waals surface area contributed by atoms with E-state index in [0.717, 1.165) is 5.69 Å². The van der Waals surface area contributed by atoms with E-state index in [2.05, 4.69) is 10.1 Å². The van der Waals surface area contributed by atoms with Gasteiger partial charge in [0.1, 0.15) is 12.4 Å². The SMILES string of the molecule is Cc1noc2nc(C(C)C)cc(C(=O)N(C)CCOc3ccc(Cl)cc3)c12. The molecule has 0 bridgehead atoms. The third kappa shape index (κ3) is 4.22. The molecule has 7 heteroatoms. The highest BCUT2D eigenvalue weighted by Gasteiger charge is 2.22. The highest BCUT2D eigenvalue weighted by atomic mass is 35.5. The van der Waals surface area contributed by atoms with Crippen molar-refractivity contribution < 1.29 is 14.1 Å². The maximum atomic E-state index is 13.0. The van der Waals surface area contributed by atoms with Crippen molar-refractivity contribution in [3.05, 3.63) is 52.3 Å². The van der Waals surface area contributed by atoms with Gasteiger partial charge < -0.3 is 14.2 Å². The Balaban J connectivity index is 1.76. The topological polar surface area (TPSA) is 68.5 Å². The summed E-state index contributed by atoms with van der Waals surface area (Å²) in [7, 11) is 1.75. The number of ether oxygens (including phenoxy) is 1. The van der Waals surface area contributed by atoms with Crippen LogP contribution >= 0.6 is 11.6 Å². The molecule has 3 aromatic rings. The van der Waals surface area contributed by atoms with E-state index in [9.17, 15) is 4.79 Å². The predicted octanol–water partition coefficient (Wildman–Crippen LogP) is 4.46. The van der Waals surface area contributed by atoms with Crippen molar-refractivity contribution in [3.63, 3.8) is 0 Å². The minimum absolute atomic E-state index is 0.115. The van der Waals surface area contributed by atoms with Crippen LogP contribution in [0.5, 0.6) is 5.75 Å². The van der Waals surface area contributed by atoms with E-state index >= 15 is 0 Å². The lowest BCUT2D eigenvalue weighted by Gasteiger charge is -2.18. The fourth-order valence-corrected chi connectivity index (χ4v) is 2.84. The molecule has 0 fully saturated rings. The standard InChI is InChI=1S/C20H22ClN3O3/c1-12(2)17-11-16(18-13(3)23-27-19(18)22-17)20(25)24(4)9-10-26-15-7-5-14(21)6-8-15/h5-8,11-12H,9-10H2,1-4H3. The van der Waals surface area contributed by atoms with Gasteiger partial charge in [-0.3, -0.25) is 4.79 Å². The number of rotatable bonds is 6. The van der Waals surface area contributed by atoms with Gasteiger partial charge in [0.05, 0.1) is 23.2 Å². The van der Waals surface area contributed by atoms with Gasteiger partial charge in [0, 0.05) is 17.8 Å². The average molecular weight is 388 g/mol. The molecule has 3 rings (SSSR count). The number of nitrogens with zero attached hydrogens (tertiary/aromatic N) is 3. The van der Waals surface area contributed by atoms with Gasteiger partial charge in [-0.05, 0) is 43.2 Å².